The van der Waals surface area contributed by atoms with E-state index >= 15 is 0 Å². The summed E-state index contributed by atoms with van der Waals surface area (Å²) in [6.07, 6.45) is -0.715. The predicted molar refractivity (Wildman–Crippen MR) is 78.6 cm³/mol. The zero-order valence-corrected chi connectivity index (χ0v) is 12.2. The number of anilines is 1. The third kappa shape index (κ3) is 3.52. The molecule has 0 fully saturated rings. The number of carbonyl (C=O) groups is 2. The van der Waals surface area contributed by atoms with Gasteiger partial charge in [0.05, 0.1) is 12.2 Å². The molecule has 6 heteroatoms. The number of carbonyl (C=O) groups excluding carboxylic acids is 1. The highest BCUT2D eigenvalue weighted by Crippen LogP contribution is 2.33. The second-order valence-electron chi connectivity index (χ2n) is 5.08. The lowest BCUT2D eigenvalue weighted by atomic mass is 10.1. The van der Waals surface area contributed by atoms with Crippen molar-refractivity contribution >= 4 is 17.6 Å². The van der Waals surface area contributed by atoms with Gasteiger partial charge in [-0.15, -0.1) is 0 Å². The lowest BCUT2D eigenvalue weighted by molar-refractivity contribution is -0.145. The van der Waals surface area contributed by atoms with E-state index in [4.69, 9.17) is 9.84 Å². The lowest BCUT2D eigenvalue weighted by Crippen LogP contribution is -2.48. The molecule has 0 aliphatic carbocycles. The molecular formula is C15H20N2O4. The van der Waals surface area contributed by atoms with Crippen LogP contribution in [0.3, 0.4) is 0 Å². The summed E-state index contributed by atoms with van der Waals surface area (Å²) in [5, 5.41) is 12.3. The topological polar surface area (TPSA) is 78.9 Å². The molecule has 114 valence electrons. The first-order valence-corrected chi connectivity index (χ1v) is 7.05. The molecule has 0 aromatic heterocycles. The minimum Gasteiger partial charge on any atom is -0.478 e. The molecule has 1 heterocycles. The van der Waals surface area contributed by atoms with Gasteiger partial charge in [-0.3, -0.25) is 4.79 Å². The van der Waals surface area contributed by atoms with Crippen LogP contribution in [0.25, 0.3) is 0 Å². The molecule has 0 radical (unpaired) electrons. The van der Waals surface area contributed by atoms with Gasteiger partial charge in [0.25, 0.3) is 0 Å². The molecule has 2 N–H and O–H groups in total. The maximum absolute atomic E-state index is 12.5. The summed E-state index contributed by atoms with van der Waals surface area (Å²) in [4.78, 5) is 25.1. The van der Waals surface area contributed by atoms with Gasteiger partial charge < -0.3 is 20.1 Å². The smallest absolute Gasteiger partial charge is 0.346 e. The van der Waals surface area contributed by atoms with Crippen molar-refractivity contribution in [2.24, 2.45) is 0 Å². The fourth-order valence-corrected chi connectivity index (χ4v) is 2.39. The Morgan fingerprint density at radius 3 is 2.86 bits per heavy atom. The van der Waals surface area contributed by atoms with Gasteiger partial charge in [0.1, 0.15) is 5.75 Å². The molecule has 6 nitrogen and oxygen atoms in total. The van der Waals surface area contributed by atoms with Crippen molar-refractivity contribution < 1.29 is 19.4 Å². The highest BCUT2D eigenvalue weighted by Gasteiger charge is 2.33. The van der Waals surface area contributed by atoms with Crippen molar-refractivity contribution in [1.82, 2.24) is 5.32 Å². The largest absolute Gasteiger partial charge is 0.478 e. The minimum absolute atomic E-state index is 0.0318. The number of carboxylic acids is 1. The molecule has 1 amide bonds. The highest BCUT2D eigenvalue weighted by atomic mass is 16.5. The number of nitrogens with zero attached hydrogens (tertiary/aromatic N) is 1. The number of amides is 1. The van der Waals surface area contributed by atoms with Crippen LogP contribution in [-0.4, -0.2) is 42.2 Å². The second kappa shape index (κ2) is 6.58. The first-order valence-electron chi connectivity index (χ1n) is 7.05. The number of hydrogen-bond donors (Lipinski definition) is 2. The molecule has 1 aliphatic heterocycles. The number of ether oxygens (including phenoxy) is 1. The van der Waals surface area contributed by atoms with Gasteiger partial charge in [0.2, 0.25) is 12.0 Å². The molecule has 0 saturated heterocycles. The third-order valence-electron chi connectivity index (χ3n) is 3.38. The molecule has 21 heavy (non-hydrogen) atoms. The van der Waals surface area contributed by atoms with Crippen molar-refractivity contribution in [1.29, 1.82) is 0 Å². The second-order valence-corrected chi connectivity index (χ2v) is 5.08. The van der Waals surface area contributed by atoms with Gasteiger partial charge in [-0.1, -0.05) is 19.1 Å². The Kier molecular flexibility index (Phi) is 4.80. The van der Waals surface area contributed by atoms with Crippen molar-refractivity contribution in [3.05, 3.63) is 24.3 Å². The van der Waals surface area contributed by atoms with Crippen LogP contribution in [0, 0.1) is 0 Å². The van der Waals surface area contributed by atoms with Crippen LogP contribution in [0.4, 0.5) is 5.69 Å². The van der Waals surface area contributed by atoms with Crippen LogP contribution in [0.5, 0.6) is 5.75 Å². The summed E-state index contributed by atoms with van der Waals surface area (Å²) in [6.45, 7) is 4.73. The lowest BCUT2D eigenvalue weighted by Gasteiger charge is -2.33. The zero-order valence-electron chi connectivity index (χ0n) is 12.2. The number of nitrogens with one attached hydrogen (secondary N) is 1. The average Bonchev–Trinajstić information content (AvgIpc) is 2.46. The Balaban J connectivity index is 2.20. The number of benzene rings is 1. The summed E-state index contributed by atoms with van der Waals surface area (Å²) in [6, 6.07) is 7.05. The maximum Gasteiger partial charge on any atom is 0.346 e. The average molecular weight is 292 g/mol. The highest BCUT2D eigenvalue weighted by molar-refractivity contribution is 5.96. The summed E-state index contributed by atoms with van der Waals surface area (Å²) in [5.74, 6) is -0.743. The van der Waals surface area contributed by atoms with Crippen LogP contribution in [0.2, 0.25) is 0 Å². The van der Waals surface area contributed by atoms with E-state index in [9.17, 15) is 9.59 Å². The van der Waals surface area contributed by atoms with Crippen molar-refractivity contribution in [2.75, 3.05) is 18.0 Å². The Bertz CT molecular complexity index is 532. The van der Waals surface area contributed by atoms with E-state index in [1.54, 1.807) is 24.3 Å². The van der Waals surface area contributed by atoms with Crippen molar-refractivity contribution in [3.63, 3.8) is 0 Å². The molecule has 2 rings (SSSR count). The SMILES string of the molecule is CCNC(C)CC(=O)N1CC(C(=O)O)Oc2ccccc21. The van der Waals surface area contributed by atoms with Gasteiger partial charge >= 0.3 is 5.97 Å². The van der Waals surface area contributed by atoms with Crippen molar-refractivity contribution in [2.45, 2.75) is 32.4 Å². The number of carboxylic acid groups (broad SMARTS) is 1. The Hall–Kier alpha value is -2.08. The summed E-state index contributed by atoms with van der Waals surface area (Å²) in [7, 11) is 0. The van der Waals surface area contributed by atoms with Gasteiger partial charge in [-0.05, 0) is 25.6 Å². The van der Waals surface area contributed by atoms with Crippen LogP contribution in [-0.2, 0) is 9.59 Å². The molecule has 2 unspecified atom stereocenters. The normalized spacial score (nSPS) is 18.6. The summed E-state index contributed by atoms with van der Waals surface area (Å²) < 4.78 is 5.42. The first kappa shape index (κ1) is 15.3. The number of para-hydroxylation sites is 2. The molecule has 0 bridgehead atoms. The molecule has 1 aromatic rings. The standard InChI is InChI=1S/C15H20N2O4/c1-3-16-10(2)8-14(18)17-9-13(15(19)20)21-12-7-5-4-6-11(12)17/h4-7,10,13,16H,3,8-9H2,1-2H3,(H,19,20). The molecule has 0 saturated carbocycles. The number of aliphatic carboxylic acids is 1. The number of fused-ring (bicyclic) bond motifs is 1. The zero-order chi connectivity index (χ0) is 15.4. The first-order chi connectivity index (χ1) is 10.0. The Labute approximate surface area is 123 Å². The minimum atomic E-state index is -1.07. The monoisotopic (exact) mass is 292 g/mol. The van der Waals surface area contributed by atoms with Crippen LogP contribution in [0.1, 0.15) is 20.3 Å². The van der Waals surface area contributed by atoms with E-state index in [1.165, 1.54) is 4.90 Å². The van der Waals surface area contributed by atoms with E-state index in [0.29, 0.717) is 17.9 Å². The number of hydrogen-bond acceptors (Lipinski definition) is 4. The predicted octanol–water partition coefficient (Wildman–Crippen LogP) is 1.25. The molecular weight excluding hydrogens is 272 g/mol. The van der Waals surface area contributed by atoms with Crippen molar-refractivity contribution in [3.8, 4) is 5.75 Å². The molecule has 0 spiro atoms. The third-order valence-corrected chi connectivity index (χ3v) is 3.38. The molecule has 2 atom stereocenters. The van der Waals surface area contributed by atoms with E-state index in [1.807, 2.05) is 13.8 Å². The summed E-state index contributed by atoms with van der Waals surface area (Å²) in [5.41, 5.74) is 0.628. The van der Waals surface area contributed by atoms with E-state index in [0.717, 1.165) is 6.54 Å². The van der Waals surface area contributed by atoms with Crippen LogP contribution in [0.15, 0.2) is 24.3 Å². The van der Waals surface area contributed by atoms with Gasteiger partial charge in [-0.2, -0.15) is 0 Å². The van der Waals surface area contributed by atoms with Gasteiger partial charge in [-0.25, -0.2) is 4.79 Å². The fraction of sp³-hybridized carbons (Fsp3) is 0.467. The maximum atomic E-state index is 12.5. The Morgan fingerprint density at radius 2 is 2.19 bits per heavy atom. The van der Waals surface area contributed by atoms with Crippen LogP contribution < -0.4 is 15.0 Å². The fourth-order valence-electron chi connectivity index (χ4n) is 2.39. The van der Waals surface area contributed by atoms with Gasteiger partial charge in [0.15, 0.2) is 0 Å². The number of rotatable bonds is 5. The van der Waals surface area contributed by atoms with Crippen LogP contribution >= 0.6 is 0 Å². The van der Waals surface area contributed by atoms with E-state index < -0.39 is 12.1 Å². The molecule has 1 aromatic carbocycles. The van der Waals surface area contributed by atoms with E-state index in [-0.39, 0.29) is 18.5 Å². The van der Waals surface area contributed by atoms with E-state index in [2.05, 4.69) is 5.32 Å². The summed E-state index contributed by atoms with van der Waals surface area (Å²) >= 11 is 0. The Morgan fingerprint density at radius 1 is 1.48 bits per heavy atom. The quantitative estimate of drug-likeness (QED) is 0.854. The van der Waals surface area contributed by atoms with Gasteiger partial charge in [0, 0.05) is 12.5 Å². The molecule has 1 aliphatic rings.